The third kappa shape index (κ3) is 5.30. The molecule has 0 spiro atoms. The Balaban J connectivity index is 2.40. The van der Waals surface area contributed by atoms with E-state index >= 15 is 0 Å². The maximum absolute atomic E-state index is 14.4. The first-order valence-corrected chi connectivity index (χ1v) is 11.4. The molecule has 0 aliphatic heterocycles. The van der Waals surface area contributed by atoms with Crippen molar-refractivity contribution in [3.8, 4) is 0 Å². The van der Waals surface area contributed by atoms with Crippen LogP contribution in [0, 0.1) is 0 Å². The fourth-order valence-corrected chi connectivity index (χ4v) is 6.17. The number of benzene rings is 2. The zero-order valence-corrected chi connectivity index (χ0v) is 16.6. The van der Waals surface area contributed by atoms with Crippen molar-refractivity contribution in [3.05, 3.63) is 60.7 Å². The molecule has 0 bridgehead atoms. The molecule has 136 valence electrons. The molecule has 3 heteroatoms. The van der Waals surface area contributed by atoms with Crippen molar-refractivity contribution in [2.24, 2.45) is 0 Å². The molecule has 0 amide bonds. The van der Waals surface area contributed by atoms with Gasteiger partial charge in [0.1, 0.15) is 0 Å². The van der Waals surface area contributed by atoms with E-state index in [2.05, 4.69) is 18.5 Å². The van der Waals surface area contributed by atoms with E-state index in [9.17, 15) is 4.57 Å². The zero-order valence-electron chi connectivity index (χ0n) is 15.7. The van der Waals surface area contributed by atoms with Crippen molar-refractivity contribution >= 4 is 17.9 Å². The number of rotatable bonds is 11. The van der Waals surface area contributed by atoms with Gasteiger partial charge in [-0.2, -0.15) is 0 Å². The second-order valence-corrected chi connectivity index (χ2v) is 9.37. The highest BCUT2D eigenvalue weighted by Gasteiger charge is 2.33. The molecular formula is C22H32NOP. The molecule has 0 fully saturated rings. The molecule has 2 rings (SSSR count). The number of hydrogen-bond donors (Lipinski definition) is 0. The molecule has 0 saturated heterocycles. The second kappa shape index (κ2) is 10.6. The molecule has 0 N–H and O–H groups in total. The first kappa shape index (κ1) is 19.9. The van der Waals surface area contributed by atoms with Gasteiger partial charge in [-0.3, -0.25) is 4.57 Å². The summed E-state index contributed by atoms with van der Waals surface area (Å²) in [5, 5.41) is 1.91. The lowest BCUT2D eigenvalue weighted by molar-refractivity contribution is 0.397. The van der Waals surface area contributed by atoms with Crippen LogP contribution in [0.15, 0.2) is 60.7 Å². The number of unbranched alkanes of at least 4 members (excludes halogenated alkanes) is 4. The smallest absolute Gasteiger partial charge is 0.207 e. The van der Waals surface area contributed by atoms with Crippen LogP contribution < -0.4 is 10.6 Å². The quantitative estimate of drug-likeness (QED) is 0.385. The van der Waals surface area contributed by atoms with Gasteiger partial charge in [-0.1, -0.05) is 75.9 Å². The summed E-state index contributed by atoms with van der Waals surface area (Å²) in [6.07, 6.45) is 6.95. The molecule has 0 saturated carbocycles. The van der Waals surface area contributed by atoms with E-state index in [1.807, 2.05) is 60.7 Å². The molecule has 0 unspecified atom stereocenters. The van der Waals surface area contributed by atoms with Gasteiger partial charge >= 0.3 is 0 Å². The second-order valence-electron chi connectivity index (χ2n) is 6.62. The molecule has 25 heavy (non-hydrogen) atoms. The Kier molecular flexibility index (Phi) is 8.44. The number of hydrogen-bond acceptors (Lipinski definition) is 1. The van der Waals surface area contributed by atoms with Gasteiger partial charge in [0.15, 0.2) is 0 Å². The Morgan fingerprint density at radius 2 is 1.08 bits per heavy atom. The lowest BCUT2D eigenvalue weighted by Gasteiger charge is -2.32. The largest absolute Gasteiger partial charge is 0.296 e. The molecule has 2 aromatic rings. The van der Waals surface area contributed by atoms with Gasteiger partial charge in [0.2, 0.25) is 7.29 Å². The van der Waals surface area contributed by atoms with E-state index in [1.165, 1.54) is 25.7 Å². The van der Waals surface area contributed by atoms with Gasteiger partial charge in [-0.15, -0.1) is 0 Å². The zero-order chi connectivity index (χ0) is 18.0. The summed E-state index contributed by atoms with van der Waals surface area (Å²) in [6, 6.07) is 20.1. The van der Waals surface area contributed by atoms with Gasteiger partial charge in [0.25, 0.3) is 0 Å². The summed E-state index contributed by atoms with van der Waals surface area (Å²) in [4.78, 5) is 0. The van der Waals surface area contributed by atoms with Gasteiger partial charge in [-0.25, -0.2) is 4.67 Å². The predicted molar refractivity (Wildman–Crippen MR) is 110 cm³/mol. The van der Waals surface area contributed by atoms with Crippen molar-refractivity contribution in [2.45, 2.75) is 52.4 Å². The van der Waals surface area contributed by atoms with Crippen molar-refractivity contribution in [1.29, 1.82) is 0 Å². The van der Waals surface area contributed by atoms with Crippen molar-refractivity contribution < 1.29 is 4.57 Å². The molecule has 2 aromatic carbocycles. The molecule has 0 atom stereocenters. The molecule has 0 aliphatic carbocycles. The summed E-state index contributed by atoms with van der Waals surface area (Å²) in [5.41, 5.74) is 0. The van der Waals surface area contributed by atoms with Crippen LogP contribution in [0.2, 0.25) is 0 Å². The first-order valence-electron chi connectivity index (χ1n) is 9.70. The summed E-state index contributed by atoms with van der Waals surface area (Å²) in [5.74, 6) is 0. The van der Waals surface area contributed by atoms with Crippen LogP contribution in [0.5, 0.6) is 0 Å². The molecule has 2 nitrogen and oxygen atoms in total. The van der Waals surface area contributed by atoms with E-state index in [0.717, 1.165) is 36.5 Å². The molecule has 0 aliphatic rings. The Morgan fingerprint density at radius 3 is 1.44 bits per heavy atom. The van der Waals surface area contributed by atoms with Gasteiger partial charge in [-0.05, 0) is 37.1 Å². The number of nitrogens with zero attached hydrogens (tertiary/aromatic N) is 1. The predicted octanol–water partition coefficient (Wildman–Crippen LogP) is 5.60. The van der Waals surface area contributed by atoms with Gasteiger partial charge < -0.3 is 0 Å². The maximum atomic E-state index is 14.4. The van der Waals surface area contributed by atoms with Crippen LogP contribution in [0.4, 0.5) is 0 Å². The lowest BCUT2D eigenvalue weighted by Crippen LogP contribution is -2.34. The molecular weight excluding hydrogens is 325 g/mol. The highest BCUT2D eigenvalue weighted by Crippen LogP contribution is 2.47. The van der Waals surface area contributed by atoms with Crippen molar-refractivity contribution in [3.63, 3.8) is 0 Å². The normalized spacial score (nSPS) is 11.8. The fourth-order valence-electron chi connectivity index (χ4n) is 3.22. The summed E-state index contributed by atoms with van der Waals surface area (Å²) in [7, 11) is -2.78. The highest BCUT2D eigenvalue weighted by molar-refractivity contribution is 7.76. The molecule has 0 aromatic heterocycles. The van der Waals surface area contributed by atoms with Crippen LogP contribution in [0.1, 0.15) is 52.4 Å². The van der Waals surface area contributed by atoms with Crippen LogP contribution in [0.3, 0.4) is 0 Å². The van der Waals surface area contributed by atoms with E-state index in [0.29, 0.717) is 0 Å². The maximum Gasteiger partial charge on any atom is 0.207 e. The van der Waals surface area contributed by atoms with Gasteiger partial charge in [0.05, 0.1) is 0 Å². The minimum atomic E-state index is -2.78. The fraction of sp³-hybridized carbons (Fsp3) is 0.455. The van der Waals surface area contributed by atoms with Crippen molar-refractivity contribution in [2.75, 3.05) is 13.1 Å². The van der Waals surface area contributed by atoms with Crippen LogP contribution in [0.25, 0.3) is 0 Å². The van der Waals surface area contributed by atoms with E-state index in [-0.39, 0.29) is 0 Å². The standard InChI is InChI=1S/C22H32NOP/c1-3-5-13-19-23(20-14-6-4-2)25(24,21-15-9-7-10-16-21)22-17-11-8-12-18-22/h7-12,15-18H,3-6,13-14,19-20H2,1-2H3. The lowest BCUT2D eigenvalue weighted by atomic mass is 10.2. The van der Waals surface area contributed by atoms with Crippen molar-refractivity contribution in [1.82, 2.24) is 4.67 Å². The van der Waals surface area contributed by atoms with Crippen LogP contribution in [-0.4, -0.2) is 17.8 Å². The summed E-state index contributed by atoms with van der Waals surface area (Å²) in [6.45, 7) is 6.24. The topological polar surface area (TPSA) is 20.3 Å². The SMILES string of the molecule is CCCCCN(CCCCC)P(=O)(c1ccccc1)c1ccccc1. The first-order chi connectivity index (χ1) is 12.2. The third-order valence-corrected chi connectivity index (χ3v) is 7.84. The van der Waals surface area contributed by atoms with E-state index < -0.39 is 7.29 Å². The van der Waals surface area contributed by atoms with E-state index in [1.54, 1.807) is 0 Å². The molecule has 0 radical (unpaired) electrons. The molecule has 0 heterocycles. The monoisotopic (exact) mass is 357 g/mol. The average Bonchev–Trinajstić information content (AvgIpc) is 2.68. The summed E-state index contributed by atoms with van der Waals surface area (Å²) >= 11 is 0. The van der Waals surface area contributed by atoms with Crippen LogP contribution in [-0.2, 0) is 4.57 Å². The Morgan fingerprint density at radius 1 is 0.680 bits per heavy atom. The third-order valence-electron chi connectivity index (χ3n) is 4.65. The Bertz CT molecular complexity index is 588. The average molecular weight is 357 g/mol. The van der Waals surface area contributed by atoms with Crippen LogP contribution >= 0.6 is 7.29 Å². The minimum absolute atomic E-state index is 0.901. The highest BCUT2D eigenvalue weighted by atomic mass is 31.2. The van der Waals surface area contributed by atoms with Gasteiger partial charge in [0, 0.05) is 23.7 Å². The minimum Gasteiger partial charge on any atom is -0.296 e. The Hall–Kier alpha value is -1.37. The Labute approximate surface area is 153 Å². The van der Waals surface area contributed by atoms with E-state index in [4.69, 9.17) is 0 Å². The summed E-state index contributed by atoms with van der Waals surface area (Å²) < 4.78 is 16.7.